The summed E-state index contributed by atoms with van der Waals surface area (Å²) < 4.78 is 41.2. The fourth-order valence-electron chi connectivity index (χ4n) is 1.94. The van der Waals surface area contributed by atoms with Crippen molar-refractivity contribution >= 4 is 27.3 Å². The van der Waals surface area contributed by atoms with Crippen molar-refractivity contribution in [2.75, 3.05) is 7.05 Å². The van der Waals surface area contributed by atoms with Crippen LogP contribution in [0.4, 0.5) is 13.2 Å². The van der Waals surface area contributed by atoms with Crippen LogP contribution >= 0.6 is 27.3 Å². The van der Waals surface area contributed by atoms with Crippen LogP contribution in [-0.4, -0.2) is 13.4 Å². The predicted molar refractivity (Wildman–Crippen MR) is 80.6 cm³/mol. The Bertz CT molecular complexity index is 583. The van der Waals surface area contributed by atoms with E-state index in [4.69, 9.17) is 0 Å². The fourth-order valence-corrected chi connectivity index (χ4v) is 3.70. The third kappa shape index (κ3) is 4.72. The maximum atomic E-state index is 12.1. The minimum absolute atomic E-state index is 0.105. The summed E-state index contributed by atoms with van der Waals surface area (Å²) in [5.41, 5.74) is 0.934. The molecule has 2 nitrogen and oxygen atoms in total. The molecule has 1 aromatic heterocycles. The third-order valence-electron chi connectivity index (χ3n) is 2.91. The molecule has 114 valence electrons. The van der Waals surface area contributed by atoms with E-state index < -0.39 is 6.36 Å². The maximum absolute atomic E-state index is 12.1. The van der Waals surface area contributed by atoms with Gasteiger partial charge in [-0.2, -0.15) is 0 Å². The van der Waals surface area contributed by atoms with Crippen LogP contribution in [0.15, 0.2) is 40.2 Å². The van der Waals surface area contributed by atoms with Crippen molar-refractivity contribution in [3.63, 3.8) is 0 Å². The van der Waals surface area contributed by atoms with Gasteiger partial charge in [-0.25, -0.2) is 0 Å². The summed E-state index contributed by atoms with van der Waals surface area (Å²) in [6.45, 7) is 0. The first-order valence-corrected chi connectivity index (χ1v) is 7.81. The van der Waals surface area contributed by atoms with Gasteiger partial charge < -0.3 is 10.1 Å². The van der Waals surface area contributed by atoms with E-state index >= 15 is 0 Å². The zero-order valence-electron chi connectivity index (χ0n) is 11.1. The number of hydrogen-bond donors (Lipinski definition) is 1. The zero-order valence-corrected chi connectivity index (χ0v) is 13.5. The molecule has 7 heteroatoms. The molecule has 0 fully saturated rings. The number of likely N-dealkylation sites (N-methyl/N-ethyl adjacent to an activating group) is 1. The molecule has 0 amide bonds. The Hall–Kier alpha value is -1.05. The van der Waals surface area contributed by atoms with Gasteiger partial charge in [-0.15, -0.1) is 24.5 Å². The van der Waals surface area contributed by atoms with Crippen LogP contribution in [0.3, 0.4) is 0 Å². The summed E-state index contributed by atoms with van der Waals surface area (Å²) in [6, 6.07) is 8.04. The second-order valence-electron chi connectivity index (χ2n) is 4.37. The zero-order chi connectivity index (χ0) is 15.5. The molecule has 1 N–H and O–H groups in total. The number of thiophene rings is 1. The van der Waals surface area contributed by atoms with Crippen molar-refractivity contribution in [2.45, 2.75) is 18.8 Å². The number of benzene rings is 1. The summed E-state index contributed by atoms with van der Waals surface area (Å²) in [6.07, 6.45) is -3.97. The van der Waals surface area contributed by atoms with Gasteiger partial charge in [-0.3, -0.25) is 0 Å². The number of halogens is 4. The summed E-state index contributed by atoms with van der Waals surface area (Å²) >= 11 is 5.12. The van der Waals surface area contributed by atoms with Gasteiger partial charge in [-0.05, 0) is 58.5 Å². The highest BCUT2D eigenvalue weighted by Crippen LogP contribution is 2.31. The molecule has 0 radical (unpaired) electrons. The van der Waals surface area contributed by atoms with Crippen LogP contribution in [0.1, 0.15) is 16.5 Å². The monoisotopic (exact) mass is 379 g/mol. The Morgan fingerprint density at radius 1 is 1.24 bits per heavy atom. The first-order chi connectivity index (χ1) is 9.89. The van der Waals surface area contributed by atoms with Crippen molar-refractivity contribution < 1.29 is 17.9 Å². The minimum atomic E-state index is -4.66. The molecule has 0 bridgehead atoms. The Labute approximate surface area is 133 Å². The standard InChI is InChI=1S/C14H13BrF3NOS/c1-19-12(13-11(15)6-7-21-13)8-9-2-4-10(5-3-9)20-14(16,17)18/h2-7,12,19H,8H2,1H3. The van der Waals surface area contributed by atoms with Crippen molar-refractivity contribution in [3.8, 4) is 5.75 Å². The molecule has 0 aliphatic carbocycles. The van der Waals surface area contributed by atoms with E-state index in [0.717, 1.165) is 14.9 Å². The van der Waals surface area contributed by atoms with Crippen molar-refractivity contribution in [1.29, 1.82) is 0 Å². The van der Waals surface area contributed by atoms with E-state index in [1.165, 1.54) is 12.1 Å². The van der Waals surface area contributed by atoms with Gasteiger partial charge in [0.05, 0.1) is 0 Å². The van der Waals surface area contributed by atoms with Gasteiger partial charge in [0.25, 0.3) is 0 Å². The predicted octanol–water partition coefficient (Wildman–Crippen LogP) is 4.91. The van der Waals surface area contributed by atoms with Crippen LogP contribution in [0, 0.1) is 0 Å². The number of alkyl halides is 3. The molecule has 1 aromatic carbocycles. The van der Waals surface area contributed by atoms with E-state index in [1.54, 1.807) is 23.5 Å². The molecular weight excluding hydrogens is 367 g/mol. The SMILES string of the molecule is CNC(Cc1ccc(OC(F)(F)F)cc1)c1sccc1Br. The van der Waals surface area contributed by atoms with Gasteiger partial charge in [0.15, 0.2) is 0 Å². The lowest BCUT2D eigenvalue weighted by Crippen LogP contribution is -2.18. The molecule has 0 aliphatic heterocycles. The maximum Gasteiger partial charge on any atom is 0.573 e. The van der Waals surface area contributed by atoms with Crippen LogP contribution < -0.4 is 10.1 Å². The highest BCUT2D eigenvalue weighted by molar-refractivity contribution is 9.10. The second-order valence-corrected chi connectivity index (χ2v) is 6.17. The van der Waals surface area contributed by atoms with E-state index in [2.05, 4.69) is 26.0 Å². The lowest BCUT2D eigenvalue weighted by molar-refractivity contribution is -0.274. The molecule has 2 aromatic rings. The fraction of sp³-hybridized carbons (Fsp3) is 0.286. The van der Waals surface area contributed by atoms with E-state index in [-0.39, 0.29) is 11.8 Å². The topological polar surface area (TPSA) is 21.3 Å². The molecule has 1 unspecified atom stereocenters. The summed E-state index contributed by atoms with van der Waals surface area (Å²) in [5.74, 6) is -0.204. The molecule has 1 heterocycles. The van der Waals surface area contributed by atoms with Gasteiger partial charge in [0.1, 0.15) is 5.75 Å². The van der Waals surface area contributed by atoms with E-state index in [1.807, 2.05) is 18.5 Å². The molecule has 2 rings (SSSR count). The van der Waals surface area contributed by atoms with Gasteiger partial charge in [0.2, 0.25) is 0 Å². The Kier molecular flexibility index (Phi) is 5.29. The molecule has 0 saturated carbocycles. The van der Waals surface area contributed by atoms with Crippen LogP contribution in [0.25, 0.3) is 0 Å². The minimum Gasteiger partial charge on any atom is -0.406 e. The lowest BCUT2D eigenvalue weighted by atomic mass is 10.0. The summed E-state index contributed by atoms with van der Waals surface area (Å²) in [4.78, 5) is 1.16. The normalized spacial score (nSPS) is 13.2. The first-order valence-electron chi connectivity index (χ1n) is 6.14. The van der Waals surface area contributed by atoms with Crippen LogP contribution in [0.2, 0.25) is 0 Å². The van der Waals surface area contributed by atoms with E-state index in [9.17, 15) is 13.2 Å². The molecule has 1 atom stereocenters. The highest BCUT2D eigenvalue weighted by atomic mass is 79.9. The molecule has 21 heavy (non-hydrogen) atoms. The van der Waals surface area contributed by atoms with Crippen LogP contribution in [-0.2, 0) is 6.42 Å². The molecule has 0 aliphatic rings. The third-order valence-corrected chi connectivity index (χ3v) is 4.89. The summed E-state index contributed by atoms with van der Waals surface area (Å²) in [5, 5.41) is 5.21. The lowest BCUT2D eigenvalue weighted by Gasteiger charge is -2.16. The number of ether oxygens (including phenoxy) is 1. The second kappa shape index (κ2) is 6.81. The quantitative estimate of drug-likeness (QED) is 0.796. The van der Waals surface area contributed by atoms with Gasteiger partial charge in [0, 0.05) is 15.4 Å². The van der Waals surface area contributed by atoms with Gasteiger partial charge in [-0.1, -0.05) is 12.1 Å². The van der Waals surface area contributed by atoms with E-state index in [0.29, 0.717) is 6.42 Å². The number of hydrogen-bond acceptors (Lipinski definition) is 3. The molecular formula is C14H13BrF3NOS. The highest BCUT2D eigenvalue weighted by Gasteiger charge is 2.31. The smallest absolute Gasteiger partial charge is 0.406 e. The molecule has 0 spiro atoms. The average molecular weight is 380 g/mol. The molecule has 0 saturated heterocycles. The van der Waals surface area contributed by atoms with Gasteiger partial charge >= 0.3 is 6.36 Å². The Morgan fingerprint density at radius 2 is 1.90 bits per heavy atom. The van der Waals surface area contributed by atoms with Crippen molar-refractivity contribution in [3.05, 3.63) is 50.6 Å². The van der Waals surface area contributed by atoms with Crippen molar-refractivity contribution in [1.82, 2.24) is 5.32 Å². The average Bonchev–Trinajstić information content (AvgIpc) is 2.82. The van der Waals surface area contributed by atoms with Crippen LogP contribution in [0.5, 0.6) is 5.75 Å². The Morgan fingerprint density at radius 3 is 2.38 bits per heavy atom. The number of rotatable bonds is 5. The first kappa shape index (κ1) is 16.3. The largest absolute Gasteiger partial charge is 0.573 e. The number of nitrogens with one attached hydrogen (secondary N) is 1. The van der Waals surface area contributed by atoms with Crippen molar-refractivity contribution in [2.24, 2.45) is 0 Å². The Balaban J connectivity index is 2.07. The summed E-state index contributed by atoms with van der Waals surface area (Å²) in [7, 11) is 1.86.